The van der Waals surface area contributed by atoms with Gasteiger partial charge in [0, 0.05) is 6.54 Å². The second-order valence-electron chi connectivity index (χ2n) is 7.27. The Bertz CT molecular complexity index is 808. The van der Waals surface area contributed by atoms with E-state index in [0.29, 0.717) is 5.56 Å². The van der Waals surface area contributed by atoms with Crippen LogP contribution in [0.4, 0.5) is 9.18 Å². The van der Waals surface area contributed by atoms with Gasteiger partial charge in [0.2, 0.25) is 0 Å². The zero-order chi connectivity index (χ0) is 20.5. The summed E-state index contributed by atoms with van der Waals surface area (Å²) in [5, 5.41) is 5.21. The van der Waals surface area contributed by atoms with E-state index in [9.17, 15) is 23.6 Å². The van der Waals surface area contributed by atoms with Gasteiger partial charge in [0.15, 0.2) is 6.10 Å². The number of hydrogen-bond acceptors (Lipinski definition) is 5. The molecule has 2 aliphatic rings. The summed E-state index contributed by atoms with van der Waals surface area (Å²) in [6, 6.07) is 4.98. The van der Waals surface area contributed by atoms with Gasteiger partial charge in [0.1, 0.15) is 17.9 Å². The minimum absolute atomic E-state index is 0.0844. The number of benzene rings is 1. The first-order valence-electron chi connectivity index (χ1n) is 9.06. The maximum absolute atomic E-state index is 12.9. The molecule has 8 nitrogen and oxygen atoms in total. The summed E-state index contributed by atoms with van der Waals surface area (Å²) in [6.45, 7) is 2.64. The number of ether oxygens (including phenoxy) is 1. The number of halogens is 1. The van der Waals surface area contributed by atoms with Crippen LogP contribution in [0.2, 0.25) is 0 Å². The second kappa shape index (κ2) is 7.57. The lowest BCUT2D eigenvalue weighted by molar-refractivity contribution is -0.156. The van der Waals surface area contributed by atoms with Crippen LogP contribution in [0.15, 0.2) is 24.3 Å². The number of hydrogen-bond donors (Lipinski definition) is 2. The number of imide groups is 1. The Balaban J connectivity index is 1.48. The molecule has 1 saturated carbocycles. The van der Waals surface area contributed by atoms with Crippen LogP contribution in [0.1, 0.15) is 32.3 Å². The highest BCUT2D eigenvalue weighted by atomic mass is 19.1. The lowest BCUT2D eigenvalue weighted by Crippen LogP contribution is -2.46. The predicted molar refractivity (Wildman–Crippen MR) is 95.2 cm³/mol. The highest BCUT2D eigenvalue weighted by Gasteiger charge is 2.56. The first-order valence-corrected chi connectivity index (χ1v) is 9.06. The average molecular weight is 391 g/mol. The molecule has 1 saturated heterocycles. The summed E-state index contributed by atoms with van der Waals surface area (Å²) in [5.74, 6) is -2.15. The van der Waals surface area contributed by atoms with E-state index in [1.807, 2.05) is 0 Å². The van der Waals surface area contributed by atoms with Crippen molar-refractivity contribution in [2.24, 2.45) is 5.92 Å². The summed E-state index contributed by atoms with van der Waals surface area (Å²) in [7, 11) is 0. The minimum atomic E-state index is -1.11. The molecule has 0 bridgehead atoms. The fourth-order valence-corrected chi connectivity index (χ4v) is 3.15. The van der Waals surface area contributed by atoms with E-state index in [4.69, 9.17) is 4.74 Å². The van der Waals surface area contributed by atoms with Crippen molar-refractivity contribution in [1.29, 1.82) is 0 Å². The maximum Gasteiger partial charge on any atom is 0.327 e. The minimum Gasteiger partial charge on any atom is -0.451 e. The molecule has 0 aromatic heterocycles. The second-order valence-corrected chi connectivity index (χ2v) is 7.27. The Morgan fingerprint density at radius 1 is 1.32 bits per heavy atom. The lowest BCUT2D eigenvalue weighted by Gasteiger charge is -2.21. The zero-order valence-corrected chi connectivity index (χ0v) is 15.7. The van der Waals surface area contributed by atoms with Crippen LogP contribution >= 0.6 is 0 Å². The first-order chi connectivity index (χ1) is 13.2. The molecule has 2 atom stereocenters. The molecule has 3 rings (SSSR count). The average Bonchev–Trinajstić information content (AvgIpc) is 3.47. The number of rotatable bonds is 7. The van der Waals surface area contributed by atoms with E-state index in [2.05, 4.69) is 10.6 Å². The quantitative estimate of drug-likeness (QED) is 0.535. The number of nitrogens with zero attached hydrogens (tertiary/aromatic N) is 1. The van der Waals surface area contributed by atoms with Crippen LogP contribution in [-0.4, -0.2) is 46.9 Å². The zero-order valence-electron chi connectivity index (χ0n) is 15.7. The lowest BCUT2D eigenvalue weighted by atomic mass is 9.96. The van der Waals surface area contributed by atoms with Crippen LogP contribution in [0, 0.1) is 11.7 Å². The van der Waals surface area contributed by atoms with Gasteiger partial charge < -0.3 is 15.4 Å². The summed E-state index contributed by atoms with van der Waals surface area (Å²) in [4.78, 5) is 49.5. The van der Waals surface area contributed by atoms with Gasteiger partial charge in [-0.1, -0.05) is 12.1 Å². The molecular weight excluding hydrogens is 369 g/mol. The highest BCUT2D eigenvalue weighted by Crippen LogP contribution is 2.42. The van der Waals surface area contributed by atoms with Crippen LogP contribution in [0.3, 0.4) is 0 Å². The third-order valence-corrected chi connectivity index (χ3v) is 5.04. The van der Waals surface area contributed by atoms with Crippen molar-refractivity contribution in [2.45, 2.75) is 44.9 Å². The third kappa shape index (κ3) is 4.13. The molecule has 1 aromatic carbocycles. The monoisotopic (exact) mass is 391 g/mol. The van der Waals surface area contributed by atoms with E-state index in [-0.39, 0.29) is 18.3 Å². The summed E-state index contributed by atoms with van der Waals surface area (Å²) >= 11 is 0. The van der Waals surface area contributed by atoms with Crippen molar-refractivity contribution in [2.75, 3.05) is 6.54 Å². The molecule has 1 heterocycles. The van der Waals surface area contributed by atoms with Crippen molar-refractivity contribution >= 4 is 23.8 Å². The van der Waals surface area contributed by atoms with Crippen LogP contribution in [0.25, 0.3) is 0 Å². The van der Waals surface area contributed by atoms with Gasteiger partial charge in [0.25, 0.3) is 11.8 Å². The molecular formula is C19H22FN3O5. The molecule has 1 aromatic rings. The Hall–Kier alpha value is -2.97. The molecule has 28 heavy (non-hydrogen) atoms. The molecule has 1 aliphatic carbocycles. The topological polar surface area (TPSA) is 105 Å². The summed E-state index contributed by atoms with van der Waals surface area (Å²) in [5.41, 5.74) is -0.290. The van der Waals surface area contributed by atoms with Crippen molar-refractivity contribution in [3.05, 3.63) is 35.6 Å². The number of carbonyl (C=O) groups excluding carboxylic acids is 4. The third-order valence-electron chi connectivity index (χ3n) is 5.04. The largest absolute Gasteiger partial charge is 0.451 e. The van der Waals surface area contributed by atoms with Gasteiger partial charge in [-0.15, -0.1) is 0 Å². The molecule has 0 radical (unpaired) electrons. The molecule has 150 valence electrons. The van der Waals surface area contributed by atoms with Gasteiger partial charge in [0.05, 0.1) is 0 Å². The van der Waals surface area contributed by atoms with Crippen LogP contribution in [-0.2, 0) is 25.7 Å². The van der Waals surface area contributed by atoms with Crippen LogP contribution in [0.5, 0.6) is 0 Å². The molecule has 0 unspecified atom stereocenters. The van der Waals surface area contributed by atoms with Gasteiger partial charge in [-0.2, -0.15) is 0 Å². The predicted octanol–water partition coefficient (Wildman–Crippen LogP) is 1.09. The fourth-order valence-electron chi connectivity index (χ4n) is 3.15. The van der Waals surface area contributed by atoms with Crippen LogP contribution < -0.4 is 10.6 Å². The van der Waals surface area contributed by atoms with E-state index >= 15 is 0 Å². The van der Waals surface area contributed by atoms with Crippen molar-refractivity contribution in [3.63, 3.8) is 0 Å². The van der Waals surface area contributed by atoms with Crippen molar-refractivity contribution < 1.29 is 28.3 Å². The smallest absolute Gasteiger partial charge is 0.327 e. The first kappa shape index (κ1) is 19.8. The van der Waals surface area contributed by atoms with Gasteiger partial charge in [-0.05, 0) is 50.3 Å². The summed E-state index contributed by atoms with van der Waals surface area (Å²) < 4.78 is 17.9. The molecule has 1 aliphatic heterocycles. The van der Waals surface area contributed by atoms with Gasteiger partial charge in [-0.25, -0.2) is 9.18 Å². The number of carbonyl (C=O) groups is 4. The number of esters is 1. The van der Waals surface area contributed by atoms with E-state index in [0.717, 1.165) is 17.7 Å². The standard InChI is InChI=1S/C19H22FN3O5/c1-11(16(25)21-9-12-3-7-14(20)8-4-12)28-15(24)10-23-17(26)19(2,13-5-6-13)22-18(23)27/h3-4,7-8,11,13H,5-6,9-10H2,1-2H3,(H,21,25)(H,22,27)/t11-,19-/m1/s1. The maximum atomic E-state index is 12.9. The van der Waals surface area contributed by atoms with Crippen molar-refractivity contribution in [3.8, 4) is 0 Å². The molecule has 4 amide bonds. The Kier molecular flexibility index (Phi) is 5.35. The van der Waals surface area contributed by atoms with E-state index < -0.39 is 42.0 Å². The molecule has 9 heteroatoms. The van der Waals surface area contributed by atoms with E-state index in [1.54, 1.807) is 6.92 Å². The van der Waals surface area contributed by atoms with Crippen molar-refractivity contribution in [1.82, 2.24) is 15.5 Å². The number of urea groups is 1. The SMILES string of the molecule is C[C@@H](OC(=O)CN1C(=O)N[C@](C)(C2CC2)C1=O)C(=O)NCc1ccc(F)cc1. The summed E-state index contributed by atoms with van der Waals surface area (Å²) in [6.07, 6.45) is 0.599. The molecule has 2 fully saturated rings. The van der Waals surface area contributed by atoms with Gasteiger partial charge in [-0.3, -0.25) is 19.3 Å². The number of amides is 4. The Morgan fingerprint density at radius 2 is 1.96 bits per heavy atom. The fraction of sp³-hybridized carbons (Fsp3) is 0.474. The van der Waals surface area contributed by atoms with E-state index in [1.165, 1.54) is 31.2 Å². The van der Waals surface area contributed by atoms with Gasteiger partial charge >= 0.3 is 12.0 Å². The molecule has 2 N–H and O–H groups in total. The normalized spacial score (nSPS) is 22.6. The number of nitrogens with one attached hydrogen (secondary N) is 2. The highest BCUT2D eigenvalue weighted by molar-refractivity contribution is 6.08. The Morgan fingerprint density at radius 3 is 2.57 bits per heavy atom. The molecule has 0 spiro atoms. The Labute approximate surface area is 161 Å².